The van der Waals surface area contributed by atoms with E-state index < -0.39 is 12.1 Å². The van der Waals surface area contributed by atoms with Crippen molar-refractivity contribution in [1.29, 1.82) is 0 Å². The zero-order chi connectivity index (χ0) is 12.7. The summed E-state index contributed by atoms with van der Waals surface area (Å²) in [6.07, 6.45) is -0.853. The molecule has 2 aromatic rings. The highest BCUT2D eigenvalue weighted by Gasteiger charge is 2.31. The summed E-state index contributed by atoms with van der Waals surface area (Å²) < 4.78 is 0. The Kier molecular flexibility index (Phi) is 2.51. The van der Waals surface area contributed by atoms with Gasteiger partial charge in [-0.15, -0.1) is 0 Å². The first kappa shape index (κ1) is 11.1. The summed E-state index contributed by atoms with van der Waals surface area (Å²) in [5, 5.41) is 10.3. The molecule has 3 heteroatoms. The van der Waals surface area contributed by atoms with Crippen LogP contribution in [0.3, 0.4) is 0 Å². The first-order valence-electron chi connectivity index (χ1n) is 5.86. The number of aliphatic hydroxyl groups excluding tert-OH is 1. The number of hydrogen-bond acceptors (Lipinski definition) is 3. The lowest BCUT2D eigenvalue weighted by Crippen LogP contribution is -2.19. The Labute approximate surface area is 105 Å². The molecule has 18 heavy (non-hydrogen) atoms. The van der Waals surface area contributed by atoms with E-state index in [4.69, 9.17) is 5.73 Å². The predicted octanol–water partition coefficient (Wildman–Crippen LogP) is 1.96. The highest BCUT2D eigenvalue weighted by Crippen LogP contribution is 2.35. The molecule has 0 aliphatic heterocycles. The lowest BCUT2D eigenvalue weighted by molar-refractivity contribution is 0.103. The summed E-state index contributed by atoms with van der Waals surface area (Å²) in [5.41, 5.74) is 8.48. The van der Waals surface area contributed by atoms with Crippen molar-refractivity contribution in [2.24, 2.45) is 5.73 Å². The van der Waals surface area contributed by atoms with Crippen molar-refractivity contribution in [2.75, 3.05) is 0 Å². The van der Waals surface area contributed by atoms with Crippen LogP contribution in [0.25, 0.3) is 0 Å². The number of carbonyl (C=O) groups is 1. The number of benzene rings is 2. The van der Waals surface area contributed by atoms with Crippen LogP contribution in [-0.2, 0) is 0 Å². The van der Waals surface area contributed by atoms with Gasteiger partial charge in [-0.1, -0.05) is 48.5 Å². The van der Waals surface area contributed by atoms with E-state index in [0.717, 1.165) is 0 Å². The molecule has 1 aliphatic carbocycles. The smallest absolute Gasteiger partial charge is 0.193 e. The summed E-state index contributed by atoms with van der Waals surface area (Å²) in [4.78, 5) is 12.5. The number of rotatable bonds is 0. The van der Waals surface area contributed by atoms with Crippen molar-refractivity contribution in [3.63, 3.8) is 0 Å². The van der Waals surface area contributed by atoms with Crippen LogP contribution in [0.1, 0.15) is 39.2 Å². The first-order chi connectivity index (χ1) is 8.70. The van der Waals surface area contributed by atoms with Crippen LogP contribution in [0.5, 0.6) is 0 Å². The number of hydrogen-bond donors (Lipinski definition) is 2. The van der Waals surface area contributed by atoms with Gasteiger partial charge in [0.25, 0.3) is 0 Å². The molecule has 0 saturated heterocycles. The SMILES string of the molecule is NC1c2ccccc2C(=O)c2ccccc2C1O. The maximum absolute atomic E-state index is 12.5. The van der Waals surface area contributed by atoms with Gasteiger partial charge >= 0.3 is 0 Å². The number of fused-ring (bicyclic) bond motifs is 2. The van der Waals surface area contributed by atoms with E-state index in [9.17, 15) is 9.90 Å². The molecule has 0 spiro atoms. The van der Waals surface area contributed by atoms with Crippen LogP contribution in [0.15, 0.2) is 48.5 Å². The molecule has 90 valence electrons. The molecule has 3 nitrogen and oxygen atoms in total. The van der Waals surface area contributed by atoms with Crippen molar-refractivity contribution >= 4 is 5.78 Å². The second-order valence-electron chi connectivity index (χ2n) is 4.47. The van der Waals surface area contributed by atoms with E-state index in [-0.39, 0.29) is 5.78 Å². The van der Waals surface area contributed by atoms with Gasteiger partial charge in [0, 0.05) is 11.1 Å². The van der Waals surface area contributed by atoms with Crippen molar-refractivity contribution in [2.45, 2.75) is 12.1 Å². The number of carbonyl (C=O) groups excluding carboxylic acids is 1. The van der Waals surface area contributed by atoms with Crippen LogP contribution in [-0.4, -0.2) is 10.9 Å². The molecule has 0 amide bonds. The van der Waals surface area contributed by atoms with Gasteiger partial charge in [0.15, 0.2) is 5.78 Å². The maximum atomic E-state index is 12.5. The standard InChI is InChI=1S/C15H13NO2/c16-13-9-5-1-2-6-10(9)14(17)11-7-3-4-8-12(11)15(13)18/h1-8,13,15,18H,16H2. The van der Waals surface area contributed by atoms with Crippen LogP contribution >= 0.6 is 0 Å². The minimum absolute atomic E-state index is 0.0757. The van der Waals surface area contributed by atoms with Crippen LogP contribution < -0.4 is 5.73 Å². The van der Waals surface area contributed by atoms with Gasteiger partial charge < -0.3 is 10.8 Å². The average Bonchev–Trinajstić information content (AvgIpc) is 2.51. The van der Waals surface area contributed by atoms with Gasteiger partial charge in [-0.05, 0) is 11.1 Å². The molecule has 3 rings (SSSR count). The fraction of sp³-hybridized carbons (Fsp3) is 0.133. The number of ketones is 1. The van der Waals surface area contributed by atoms with E-state index in [2.05, 4.69) is 0 Å². The van der Waals surface area contributed by atoms with E-state index in [1.165, 1.54) is 0 Å². The molecule has 2 aromatic carbocycles. The van der Waals surface area contributed by atoms with Crippen LogP contribution in [0, 0.1) is 0 Å². The molecular weight excluding hydrogens is 226 g/mol. The number of aliphatic hydroxyl groups is 1. The van der Waals surface area contributed by atoms with Crippen molar-refractivity contribution in [1.82, 2.24) is 0 Å². The summed E-state index contributed by atoms with van der Waals surface area (Å²) in [6, 6.07) is 13.7. The molecule has 0 heterocycles. The molecular formula is C15H13NO2. The summed E-state index contributed by atoms with van der Waals surface area (Å²) in [7, 11) is 0. The molecule has 3 N–H and O–H groups in total. The van der Waals surface area contributed by atoms with Crippen LogP contribution in [0.4, 0.5) is 0 Å². The van der Waals surface area contributed by atoms with Crippen molar-refractivity contribution in [3.05, 3.63) is 70.8 Å². The minimum Gasteiger partial charge on any atom is -0.386 e. The molecule has 0 aromatic heterocycles. The Morgan fingerprint density at radius 1 is 0.889 bits per heavy atom. The van der Waals surface area contributed by atoms with Crippen molar-refractivity contribution in [3.8, 4) is 0 Å². The first-order valence-corrected chi connectivity index (χ1v) is 5.86. The number of nitrogens with two attached hydrogens (primary N) is 1. The Morgan fingerprint density at radius 3 is 2.06 bits per heavy atom. The van der Waals surface area contributed by atoms with Gasteiger partial charge in [0.2, 0.25) is 0 Å². The van der Waals surface area contributed by atoms with Crippen molar-refractivity contribution < 1.29 is 9.90 Å². The van der Waals surface area contributed by atoms with Crippen LogP contribution in [0.2, 0.25) is 0 Å². The second-order valence-corrected chi connectivity index (χ2v) is 4.47. The zero-order valence-corrected chi connectivity index (χ0v) is 9.71. The third kappa shape index (κ3) is 1.49. The Hall–Kier alpha value is -1.97. The van der Waals surface area contributed by atoms with E-state index in [1.54, 1.807) is 36.4 Å². The Morgan fingerprint density at radius 2 is 1.39 bits per heavy atom. The normalized spacial score (nSPS) is 22.0. The van der Waals surface area contributed by atoms with E-state index in [0.29, 0.717) is 22.3 Å². The van der Waals surface area contributed by atoms with Gasteiger partial charge in [-0.25, -0.2) is 0 Å². The fourth-order valence-electron chi connectivity index (χ4n) is 2.46. The minimum atomic E-state index is -0.853. The maximum Gasteiger partial charge on any atom is 0.193 e. The molecule has 0 bridgehead atoms. The third-order valence-electron chi connectivity index (χ3n) is 3.43. The van der Waals surface area contributed by atoms with Gasteiger partial charge in [0.05, 0.1) is 12.1 Å². The van der Waals surface area contributed by atoms with Gasteiger partial charge in [0.1, 0.15) is 0 Å². The monoisotopic (exact) mass is 239 g/mol. The molecule has 2 unspecified atom stereocenters. The lowest BCUT2D eigenvalue weighted by atomic mass is 9.97. The summed E-state index contributed by atoms with van der Waals surface area (Å²) in [5.74, 6) is -0.0757. The highest BCUT2D eigenvalue weighted by atomic mass is 16.3. The molecule has 0 fully saturated rings. The second kappa shape index (κ2) is 4.05. The lowest BCUT2D eigenvalue weighted by Gasteiger charge is -2.18. The quantitative estimate of drug-likeness (QED) is 0.738. The summed E-state index contributed by atoms with van der Waals surface area (Å²) >= 11 is 0. The largest absolute Gasteiger partial charge is 0.386 e. The van der Waals surface area contributed by atoms with Gasteiger partial charge in [-0.2, -0.15) is 0 Å². The Bertz CT molecular complexity index is 568. The topological polar surface area (TPSA) is 63.3 Å². The zero-order valence-electron chi connectivity index (χ0n) is 9.71. The molecule has 2 atom stereocenters. The summed E-state index contributed by atoms with van der Waals surface area (Å²) in [6.45, 7) is 0. The molecule has 0 saturated carbocycles. The highest BCUT2D eigenvalue weighted by molar-refractivity contribution is 6.11. The van der Waals surface area contributed by atoms with E-state index in [1.807, 2.05) is 12.1 Å². The predicted molar refractivity (Wildman–Crippen MR) is 68.2 cm³/mol. The fourth-order valence-corrected chi connectivity index (χ4v) is 2.46. The molecule has 1 aliphatic rings. The Balaban J connectivity index is 2.31. The van der Waals surface area contributed by atoms with Gasteiger partial charge in [-0.3, -0.25) is 4.79 Å². The van der Waals surface area contributed by atoms with E-state index >= 15 is 0 Å². The molecule has 0 radical (unpaired) electrons. The average molecular weight is 239 g/mol. The third-order valence-corrected chi connectivity index (χ3v) is 3.43.